The third kappa shape index (κ3) is 3.82. The van der Waals surface area contributed by atoms with Crippen LogP contribution in [0.4, 0.5) is 13.2 Å². The van der Waals surface area contributed by atoms with Crippen LogP contribution in [0.1, 0.15) is 51.4 Å². The number of nitrogens with one attached hydrogen (secondary N) is 1. The van der Waals surface area contributed by atoms with Gasteiger partial charge in [0.2, 0.25) is 0 Å². The first-order valence-corrected chi connectivity index (χ1v) is 7.72. The molecule has 20 heavy (non-hydrogen) atoms. The van der Waals surface area contributed by atoms with Gasteiger partial charge in [0.1, 0.15) is 0 Å². The summed E-state index contributed by atoms with van der Waals surface area (Å²) >= 11 is 0. The molecule has 0 heterocycles. The molecule has 5 heteroatoms. The number of hydrogen-bond donors (Lipinski definition) is 1. The zero-order valence-corrected chi connectivity index (χ0v) is 12.7. The molecule has 0 aromatic heterocycles. The van der Waals surface area contributed by atoms with Crippen molar-refractivity contribution >= 4 is 12.4 Å². The molecule has 0 unspecified atom stereocenters. The van der Waals surface area contributed by atoms with Crippen molar-refractivity contribution in [2.75, 3.05) is 13.1 Å². The number of hydrogen-bond acceptors (Lipinski definition) is 1. The van der Waals surface area contributed by atoms with Crippen molar-refractivity contribution in [3.63, 3.8) is 0 Å². The van der Waals surface area contributed by atoms with Crippen LogP contribution in [-0.4, -0.2) is 19.3 Å². The molecule has 4 aliphatic rings. The molecule has 0 aliphatic heterocycles. The average Bonchev–Trinajstić information content (AvgIpc) is 2.24. The monoisotopic (exact) mass is 311 g/mol. The summed E-state index contributed by atoms with van der Waals surface area (Å²) in [6, 6.07) is 0. The van der Waals surface area contributed by atoms with E-state index < -0.39 is 12.7 Å². The number of halogens is 4. The van der Waals surface area contributed by atoms with E-state index >= 15 is 0 Å². The van der Waals surface area contributed by atoms with Crippen molar-refractivity contribution < 1.29 is 13.2 Å². The molecule has 0 radical (unpaired) electrons. The Hall–Kier alpha value is 0.0400. The van der Waals surface area contributed by atoms with Crippen molar-refractivity contribution in [3.8, 4) is 0 Å². The van der Waals surface area contributed by atoms with Crippen LogP contribution >= 0.6 is 12.4 Å². The molecule has 4 saturated carbocycles. The molecular formula is C15H25ClF3N. The molecule has 1 N–H and O–H groups in total. The summed E-state index contributed by atoms with van der Waals surface area (Å²) < 4.78 is 36.1. The first kappa shape index (κ1) is 16.4. The van der Waals surface area contributed by atoms with Crippen molar-refractivity contribution in [3.05, 3.63) is 0 Å². The first-order valence-electron chi connectivity index (χ1n) is 7.72. The van der Waals surface area contributed by atoms with Gasteiger partial charge in [-0.15, -0.1) is 12.4 Å². The zero-order chi connectivity index (χ0) is 13.5. The minimum absolute atomic E-state index is 0. The molecule has 0 amide bonds. The van der Waals surface area contributed by atoms with E-state index in [0.29, 0.717) is 12.0 Å². The van der Waals surface area contributed by atoms with Crippen LogP contribution in [0.25, 0.3) is 0 Å². The smallest absolute Gasteiger partial charge is 0.309 e. The SMILES string of the molecule is Cl.FC(F)(F)CNCCCC12CC3CC(CC(C3)C1)C2. The van der Waals surface area contributed by atoms with Crippen molar-refractivity contribution in [2.24, 2.45) is 23.2 Å². The topological polar surface area (TPSA) is 12.0 Å². The third-order valence-electron chi connectivity index (χ3n) is 5.55. The van der Waals surface area contributed by atoms with Crippen LogP contribution in [0.2, 0.25) is 0 Å². The second kappa shape index (κ2) is 6.04. The van der Waals surface area contributed by atoms with Crippen molar-refractivity contribution in [2.45, 2.75) is 57.5 Å². The van der Waals surface area contributed by atoms with E-state index in [2.05, 4.69) is 5.32 Å². The van der Waals surface area contributed by atoms with E-state index in [-0.39, 0.29) is 12.4 Å². The van der Waals surface area contributed by atoms with Gasteiger partial charge in [-0.2, -0.15) is 13.2 Å². The van der Waals surface area contributed by atoms with Gasteiger partial charge in [-0.25, -0.2) is 0 Å². The average molecular weight is 312 g/mol. The zero-order valence-electron chi connectivity index (χ0n) is 11.8. The molecule has 4 fully saturated rings. The van der Waals surface area contributed by atoms with Crippen LogP contribution in [0.15, 0.2) is 0 Å². The molecule has 0 atom stereocenters. The Kier molecular flexibility index (Phi) is 4.95. The maximum Gasteiger partial charge on any atom is 0.401 e. The summed E-state index contributed by atoms with van der Waals surface area (Å²) in [4.78, 5) is 0. The molecule has 4 rings (SSSR count). The van der Waals surface area contributed by atoms with Crippen molar-refractivity contribution in [1.29, 1.82) is 0 Å². The second-order valence-corrected chi connectivity index (χ2v) is 7.31. The lowest BCUT2D eigenvalue weighted by molar-refractivity contribution is -0.124. The van der Waals surface area contributed by atoms with Crippen LogP contribution < -0.4 is 5.32 Å². The van der Waals surface area contributed by atoms with Gasteiger partial charge in [-0.3, -0.25) is 0 Å². The molecule has 0 aromatic rings. The molecule has 1 nitrogen and oxygen atoms in total. The molecule has 0 saturated heterocycles. The molecule has 0 spiro atoms. The predicted molar refractivity (Wildman–Crippen MR) is 76.0 cm³/mol. The number of rotatable bonds is 5. The molecule has 4 bridgehead atoms. The summed E-state index contributed by atoms with van der Waals surface area (Å²) in [5.74, 6) is 2.82. The Morgan fingerprint density at radius 1 is 0.950 bits per heavy atom. The molecule has 4 aliphatic carbocycles. The van der Waals surface area contributed by atoms with Crippen LogP contribution in [0, 0.1) is 23.2 Å². The first-order chi connectivity index (χ1) is 8.94. The van der Waals surface area contributed by atoms with E-state index in [1.54, 1.807) is 0 Å². The molecule has 0 aromatic carbocycles. The highest BCUT2D eigenvalue weighted by Gasteiger charge is 2.50. The number of alkyl halides is 3. The fraction of sp³-hybridized carbons (Fsp3) is 1.00. The fourth-order valence-corrected chi connectivity index (χ4v) is 5.41. The predicted octanol–water partition coefficient (Wildman–Crippen LogP) is 4.56. The largest absolute Gasteiger partial charge is 0.401 e. The van der Waals surface area contributed by atoms with Gasteiger partial charge in [0.05, 0.1) is 6.54 Å². The van der Waals surface area contributed by atoms with Gasteiger partial charge in [-0.1, -0.05) is 0 Å². The maximum absolute atomic E-state index is 12.0. The van der Waals surface area contributed by atoms with E-state index in [1.807, 2.05) is 0 Å². The summed E-state index contributed by atoms with van der Waals surface area (Å²) in [5, 5.41) is 2.53. The Morgan fingerprint density at radius 2 is 1.45 bits per heavy atom. The lowest BCUT2D eigenvalue weighted by Crippen LogP contribution is -2.46. The Morgan fingerprint density at radius 3 is 1.90 bits per heavy atom. The normalized spacial score (nSPS) is 38.9. The lowest BCUT2D eigenvalue weighted by Gasteiger charge is -2.57. The summed E-state index contributed by atoms with van der Waals surface area (Å²) in [7, 11) is 0. The molecular weight excluding hydrogens is 287 g/mol. The van der Waals surface area contributed by atoms with Gasteiger partial charge in [0.15, 0.2) is 0 Å². The summed E-state index contributed by atoms with van der Waals surface area (Å²) in [6.07, 6.45) is 6.36. The van der Waals surface area contributed by atoms with Gasteiger partial charge in [0, 0.05) is 0 Å². The highest BCUT2D eigenvalue weighted by atomic mass is 35.5. The minimum Gasteiger partial charge on any atom is -0.309 e. The highest BCUT2D eigenvalue weighted by molar-refractivity contribution is 5.85. The lowest BCUT2D eigenvalue weighted by atomic mass is 9.48. The Balaban J connectivity index is 0.00000147. The maximum atomic E-state index is 12.0. The van der Waals surface area contributed by atoms with E-state index in [4.69, 9.17) is 0 Å². The van der Waals surface area contributed by atoms with E-state index in [1.165, 1.54) is 38.5 Å². The van der Waals surface area contributed by atoms with Gasteiger partial charge >= 0.3 is 6.18 Å². The van der Waals surface area contributed by atoms with E-state index in [9.17, 15) is 13.2 Å². The van der Waals surface area contributed by atoms with E-state index in [0.717, 1.165) is 30.6 Å². The van der Waals surface area contributed by atoms with Gasteiger partial charge in [-0.05, 0) is 81.1 Å². The standard InChI is InChI=1S/C15H24F3N.ClH/c16-15(17,18)10-19-3-1-2-14-7-11-4-12(8-14)6-13(5-11)9-14;/h11-13,19H,1-10H2;1H. The molecule has 118 valence electrons. The fourth-order valence-electron chi connectivity index (χ4n) is 5.41. The van der Waals surface area contributed by atoms with Crippen molar-refractivity contribution in [1.82, 2.24) is 5.32 Å². The third-order valence-corrected chi connectivity index (χ3v) is 5.55. The van der Waals surface area contributed by atoms with Crippen LogP contribution in [0.5, 0.6) is 0 Å². The minimum atomic E-state index is -4.07. The van der Waals surface area contributed by atoms with Crippen LogP contribution in [0.3, 0.4) is 0 Å². The highest BCUT2D eigenvalue weighted by Crippen LogP contribution is 2.61. The van der Waals surface area contributed by atoms with Gasteiger partial charge in [0.25, 0.3) is 0 Å². The van der Waals surface area contributed by atoms with Crippen LogP contribution in [-0.2, 0) is 0 Å². The Bertz CT molecular complexity index is 294. The van der Waals surface area contributed by atoms with Gasteiger partial charge < -0.3 is 5.32 Å². The quantitative estimate of drug-likeness (QED) is 0.734. The second-order valence-electron chi connectivity index (χ2n) is 7.31. The Labute approximate surface area is 125 Å². The summed E-state index contributed by atoms with van der Waals surface area (Å²) in [6.45, 7) is -0.324. The summed E-state index contributed by atoms with van der Waals surface area (Å²) in [5.41, 5.74) is 0.509.